The van der Waals surface area contributed by atoms with Crippen LogP contribution in [-0.2, 0) is 11.2 Å². The van der Waals surface area contributed by atoms with Crippen molar-refractivity contribution in [3.8, 4) is 17.0 Å². The van der Waals surface area contributed by atoms with E-state index in [0.717, 1.165) is 23.3 Å². The Morgan fingerprint density at radius 1 is 0.969 bits per heavy atom. The van der Waals surface area contributed by atoms with Crippen LogP contribution in [0.4, 0.5) is 0 Å². The van der Waals surface area contributed by atoms with E-state index < -0.39 is 0 Å². The smallest absolute Gasteiger partial charge is 0.292 e. The Hall–Kier alpha value is -3.61. The van der Waals surface area contributed by atoms with E-state index in [1.165, 1.54) is 0 Å². The van der Waals surface area contributed by atoms with E-state index in [1.54, 1.807) is 18.1 Å². The minimum absolute atomic E-state index is 0.112. The van der Waals surface area contributed by atoms with Gasteiger partial charge in [0, 0.05) is 44.2 Å². The van der Waals surface area contributed by atoms with Crippen molar-refractivity contribution in [1.29, 1.82) is 0 Å². The second kappa shape index (κ2) is 10.1. The van der Waals surface area contributed by atoms with E-state index >= 15 is 0 Å². The molecule has 1 saturated heterocycles. The minimum atomic E-state index is -0.188. The molecule has 0 aliphatic carbocycles. The van der Waals surface area contributed by atoms with Gasteiger partial charge in [0.2, 0.25) is 11.7 Å². The number of ether oxygens (including phenoxy) is 1. The number of rotatable bonds is 6. The van der Waals surface area contributed by atoms with Crippen LogP contribution in [0.15, 0.2) is 65.2 Å². The molecule has 2 aromatic carbocycles. The third-order valence-electron chi connectivity index (χ3n) is 5.71. The summed E-state index contributed by atoms with van der Waals surface area (Å²) >= 11 is 0. The van der Waals surface area contributed by atoms with Crippen molar-refractivity contribution in [1.82, 2.24) is 15.0 Å². The summed E-state index contributed by atoms with van der Waals surface area (Å²) in [6.45, 7) is 2.24. The van der Waals surface area contributed by atoms with Crippen LogP contribution in [0.3, 0.4) is 0 Å². The summed E-state index contributed by atoms with van der Waals surface area (Å²) in [6, 6.07) is 19.1. The lowest BCUT2D eigenvalue weighted by Gasteiger charge is -2.21. The lowest BCUT2D eigenvalue weighted by atomic mass is 10.1. The fraction of sp³-hybridized carbons (Fsp3) is 0.320. The van der Waals surface area contributed by atoms with Crippen LogP contribution in [0.25, 0.3) is 11.3 Å². The standard InChI is InChI=1S/C25H27N3O4/c1-31-21-11-8-19(9-12-21)10-13-24(29)27-14-5-15-28(17-16-27)25(30)23-18-22(26-32-23)20-6-3-2-4-7-20/h2-4,6-9,11-12,18H,5,10,13-17H2,1H3. The van der Waals surface area contributed by atoms with E-state index in [2.05, 4.69) is 5.16 Å². The van der Waals surface area contributed by atoms with E-state index in [1.807, 2.05) is 59.5 Å². The molecule has 166 valence electrons. The SMILES string of the molecule is COc1ccc(CCC(=O)N2CCCN(C(=O)c3cc(-c4ccccc4)no3)CC2)cc1. The summed E-state index contributed by atoms with van der Waals surface area (Å²) in [5.74, 6) is 0.955. The maximum absolute atomic E-state index is 12.9. The molecule has 2 heterocycles. The van der Waals surface area contributed by atoms with Crippen LogP contribution >= 0.6 is 0 Å². The van der Waals surface area contributed by atoms with E-state index in [4.69, 9.17) is 9.26 Å². The molecule has 0 bridgehead atoms. The Labute approximate surface area is 187 Å². The minimum Gasteiger partial charge on any atom is -0.497 e. The Morgan fingerprint density at radius 2 is 1.69 bits per heavy atom. The molecule has 0 N–H and O–H groups in total. The van der Waals surface area contributed by atoms with Gasteiger partial charge in [0.05, 0.1) is 7.11 Å². The first-order chi connectivity index (χ1) is 15.6. The molecule has 7 heteroatoms. The highest BCUT2D eigenvalue weighted by Gasteiger charge is 2.25. The fourth-order valence-corrected chi connectivity index (χ4v) is 3.85. The molecule has 0 saturated carbocycles. The Morgan fingerprint density at radius 3 is 2.44 bits per heavy atom. The number of nitrogens with zero attached hydrogens (tertiary/aromatic N) is 3. The van der Waals surface area contributed by atoms with Crippen molar-refractivity contribution in [3.05, 3.63) is 72.0 Å². The van der Waals surface area contributed by atoms with E-state index in [-0.39, 0.29) is 17.6 Å². The molecule has 32 heavy (non-hydrogen) atoms. The third-order valence-corrected chi connectivity index (χ3v) is 5.71. The molecule has 2 amide bonds. The van der Waals surface area contributed by atoms with Crippen molar-refractivity contribution in [2.45, 2.75) is 19.3 Å². The van der Waals surface area contributed by atoms with Gasteiger partial charge in [0.15, 0.2) is 0 Å². The number of carbonyl (C=O) groups is 2. The predicted octanol–water partition coefficient (Wildman–Crippen LogP) is 3.66. The molecule has 7 nitrogen and oxygen atoms in total. The van der Waals surface area contributed by atoms with E-state index in [0.29, 0.717) is 44.7 Å². The molecule has 0 atom stereocenters. The molecule has 1 fully saturated rings. The van der Waals surface area contributed by atoms with Gasteiger partial charge in [-0.1, -0.05) is 47.6 Å². The zero-order chi connectivity index (χ0) is 22.3. The van der Waals surface area contributed by atoms with Gasteiger partial charge in [-0.15, -0.1) is 0 Å². The molecule has 0 unspecified atom stereocenters. The number of aryl methyl sites for hydroxylation is 1. The number of aromatic nitrogens is 1. The van der Waals surface area contributed by atoms with Crippen LogP contribution in [0, 0.1) is 0 Å². The summed E-state index contributed by atoms with van der Waals surface area (Å²) in [7, 11) is 1.64. The van der Waals surface area contributed by atoms with Crippen molar-refractivity contribution >= 4 is 11.8 Å². The number of benzene rings is 2. The topological polar surface area (TPSA) is 75.9 Å². The van der Waals surface area contributed by atoms with Crippen molar-refractivity contribution in [2.24, 2.45) is 0 Å². The summed E-state index contributed by atoms with van der Waals surface area (Å²) in [6.07, 6.45) is 1.87. The van der Waals surface area contributed by atoms with Crippen molar-refractivity contribution < 1.29 is 18.8 Å². The summed E-state index contributed by atoms with van der Waals surface area (Å²) in [4.78, 5) is 29.2. The van der Waals surface area contributed by atoms with Gasteiger partial charge in [0.25, 0.3) is 5.91 Å². The summed E-state index contributed by atoms with van der Waals surface area (Å²) in [5, 5.41) is 4.04. The monoisotopic (exact) mass is 433 g/mol. The highest BCUT2D eigenvalue weighted by Crippen LogP contribution is 2.20. The Kier molecular flexibility index (Phi) is 6.84. The molecule has 0 spiro atoms. The molecule has 1 aromatic heterocycles. The fourth-order valence-electron chi connectivity index (χ4n) is 3.85. The maximum atomic E-state index is 12.9. The normalized spacial score (nSPS) is 14.2. The first-order valence-electron chi connectivity index (χ1n) is 10.9. The molecular weight excluding hydrogens is 406 g/mol. The molecule has 4 rings (SSSR count). The molecule has 1 aliphatic heterocycles. The molecule has 1 aliphatic rings. The maximum Gasteiger partial charge on any atom is 0.292 e. The zero-order valence-corrected chi connectivity index (χ0v) is 18.2. The Balaban J connectivity index is 1.31. The van der Waals surface area contributed by atoms with Gasteiger partial charge in [-0.3, -0.25) is 9.59 Å². The highest BCUT2D eigenvalue weighted by molar-refractivity contribution is 5.92. The largest absolute Gasteiger partial charge is 0.497 e. The predicted molar refractivity (Wildman–Crippen MR) is 120 cm³/mol. The van der Waals surface area contributed by atoms with Crippen molar-refractivity contribution in [2.75, 3.05) is 33.3 Å². The van der Waals surface area contributed by atoms with Gasteiger partial charge in [-0.05, 0) is 30.5 Å². The first kappa shape index (κ1) is 21.6. The van der Waals surface area contributed by atoms with Crippen LogP contribution in [-0.4, -0.2) is 60.1 Å². The van der Waals surface area contributed by atoms with Gasteiger partial charge in [-0.25, -0.2) is 0 Å². The summed E-state index contributed by atoms with van der Waals surface area (Å²) < 4.78 is 10.5. The van der Waals surface area contributed by atoms with Crippen LogP contribution in [0.5, 0.6) is 5.75 Å². The average molecular weight is 434 g/mol. The highest BCUT2D eigenvalue weighted by atomic mass is 16.5. The van der Waals surface area contributed by atoms with Gasteiger partial charge in [-0.2, -0.15) is 0 Å². The molecule has 0 radical (unpaired) electrons. The molecular formula is C25H27N3O4. The second-order valence-corrected chi connectivity index (χ2v) is 7.82. The number of carbonyl (C=O) groups excluding carboxylic acids is 2. The van der Waals surface area contributed by atoms with Crippen LogP contribution < -0.4 is 4.74 Å². The average Bonchev–Trinajstić information content (AvgIpc) is 3.21. The first-order valence-corrected chi connectivity index (χ1v) is 10.9. The second-order valence-electron chi connectivity index (χ2n) is 7.82. The van der Waals surface area contributed by atoms with Crippen LogP contribution in [0.2, 0.25) is 0 Å². The number of methoxy groups -OCH3 is 1. The lowest BCUT2D eigenvalue weighted by Crippen LogP contribution is -2.37. The Bertz CT molecular complexity index is 1050. The third kappa shape index (κ3) is 5.17. The number of hydrogen-bond acceptors (Lipinski definition) is 5. The molecule has 3 aromatic rings. The van der Waals surface area contributed by atoms with Gasteiger partial charge >= 0.3 is 0 Å². The van der Waals surface area contributed by atoms with Gasteiger partial charge < -0.3 is 19.1 Å². The van der Waals surface area contributed by atoms with Crippen LogP contribution in [0.1, 0.15) is 29.0 Å². The zero-order valence-electron chi connectivity index (χ0n) is 18.2. The lowest BCUT2D eigenvalue weighted by molar-refractivity contribution is -0.131. The van der Waals surface area contributed by atoms with Crippen molar-refractivity contribution in [3.63, 3.8) is 0 Å². The number of hydrogen-bond donors (Lipinski definition) is 0. The summed E-state index contributed by atoms with van der Waals surface area (Å²) in [5.41, 5.74) is 2.64. The quantitative estimate of drug-likeness (QED) is 0.593. The number of amides is 2. The van der Waals surface area contributed by atoms with E-state index in [9.17, 15) is 9.59 Å². The van der Waals surface area contributed by atoms with Gasteiger partial charge in [0.1, 0.15) is 11.4 Å².